The smallest absolute Gasteiger partial charge is 0.248 e. The van der Waals surface area contributed by atoms with Gasteiger partial charge in [0.2, 0.25) is 5.91 Å². The van der Waals surface area contributed by atoms with Crippen LogP contribution in [-0.4, -0.2) is 98.8 Å². The average molecular weight is 678 g/mol. The minimum absolute atomic E-state index is 0.166. The van der Waals surface area contributed by atoms with E-state index in [9.17, 15) is 4.79 Å². The van der Waals surface area contributed by atoms with E-state index in [4.69, 9.17) is 16.3 Å². The Kier molecular flexibility index (Phi) is 9.11. The van der Waals surface area contributed by atoms with Crippen LogP contribution in [0.15, 0.2) is 91.8 Å². The van der Waals surface area contributed by atoms with Crippen LogP contribution in [0.4, 0.5) is 22.9 Å². The minimum Gasteiger partial charge on any atom is -0.456 e. The van der Waals surface area contributed by atoms with Crippen LogP contribution in [-0.2, 0) is 4.79 Å². The molecule has 1 saturated heterocycles. The van der Waals surface area contributed by atoms with Crippen LogP contribution in [0.25, 0.3) is 22.3 Å². The van der Waals surface area contributed by atoms with Crippen LogP contribution in [0, 0.1) is 0 Å². The fourth-order valence-corrected chi connectivity index (χ4v) is 5.87. The lowest BCUT2D eigenvalue weighted by molar-refractivity contribution is -0.111. The molecule has 250 valence electrons. The first kappa shape index (κ1) is 32.1. The highest BCUT2D eigenvalue weighted by molar-refractivity contribution is 6.32. The van der Waals surface area contributed by atoms with Gasteiger partial charge in [-0.2, -0.15) is 10.2 Å². The van der Waals surface area contributed by atoms with Crippen molar-refractivity contribution in [3.8, 4) is 22.6 Å². The number of carbonyl (C=O) groups is 1. The van der Waals surface area contributed by atoms with Gasteiger partial charge in [0, 0.05) is 68.5 Å². The first-order valence-electron chi connectivity index (χ1n) is 15.9. The maximum Gasteiger partial charge on any atom is 0.248 e. The van der Waals surface area contributed by atoms with Crippen LogP contribution in [0.2, 0.25) is 5.02 Å². The molecule has 13 nitrogen and oxygen atoms in total. The van der Waals surface area contributed by atoms with Gasteiger partial charge in [-0.25, -0.2) is 19.0 Å². The fourth-order valence-electron chi connectivity index (χ4n) is 5.65. The molecular weight excluding hydrogens is 642 g/mol. The molecule has 0 spiro atoms. The third-order valence-electron chi connectivity index (χ3n) is 8.25. The third kappa shape index (κ3) is 7.33. The van der Waals surface area contributed by atoms with Crippen molar-refractivity contribution in [1.29, 1.82) is 0 Å². The van der Waals surface area contributed by atoms with E-state index in [2.05, 4.69) is 59.8 Å². The third-order valence-corrected chi connectivity index (χ3v) is 8.55. The van der Waals surface area contributed by atoms with E-state index < -0.39 is 0 Å². The molecule has 1 aliphatic heterocycles. The number of piperazine rings is 1. The first-order valence-corrected chi connectivity index (χ1v) is 16.2. The van der Waals surface area contributed by atoms with Gasteiger partial charge in [0.05, 0.1) is 16.4 Å². The van der Waals surface area contributed by atoms with Gasteiger partial charge in [-0.15, -0.1) is 0 Å². The Hall–Kier alpha value is -5.50. The zero-order chi connectivity index (χ0) is 33.9. The van der Waals surface area contributed by atoms with Crippen LogP contribution in [0.5, 0.6) is 11.5 Å². The van der Waals surface area contributed by atoms with Crippen LogP contribution in [0.3, 0.4) is 0 Å². The summed E-state index contributed by atoms with van der Waals surface area (Å²) in [7, 11) is 6.06. The normalized spacial score (nSPS) is 13.9. The summed E-state index contributed by atoms with van der Waals surface area (Å²) in [5.74, 6) is 1.54. The first-order chi connectivity index (χ1) is 23.8. The van der Waals surface area contributed by atoms with Crippen molar-refractivity contribution in [2.24, 2.45) is 0 Å². The number of halogens is 1. The topological polar surface area (TPSA) is 120 Å². The number of hydrogen-bond acceptors (Lipinski definition) is 10. The molecule has 1 fully saturated rings. The Morgan fingerprint density at radius 3 is 2.59 bits per heavy atom. The Labute approximate surface area is 288 Å². The van der Waals surface area contributed by atoms with E-state index in [1.54, 1.807) is 45.6 Å². The van der Waals surface area contributed by atoms with Crippen molar-refractivity contribution in [2.45, 2.75) is 0 Å². The number of rotatable bonds is 10. The number of ether oxygens (including phenoxy) is 1. The number of nitrogens with one attached hydrogen (secondary N) is 2. The standard InChI is InChI=1S/C35H36ClN11O2/c1-43(2)11-4-5-34(48)42-29-17-24(6-8-30(29)45-15-13-44(3)14-16-45)25-18-31-35(38-23-40-47(31)21-25)41-26-7-9-32(28(36)19-26)49-27-10-12-46-33(20-27)37-22-39-46/h4-10,12,17-23H,11,13-16H2,1-3H3,(H,42,48)(H,38,40,41)/b5-4+. The molecule has 0 atom stereocenters. The summed E-state index contributed by atoms with van der Waals surface area (Å²) in [5.41, 5.74) is 5.81. The number of benzene rings is 2. The molecule has 1 aliphatic rings. The van der Waals surface area contributed by atoms with E-state index in [0.29, 0.717) is 34.5 Å². The molecule has 6 aromatic rings. The van der Waals surface area contributed by atoms with Crippen molar-refractivity contribution in [2.75, 3.05) is 69.4 Å². The summed E-state index contributed by atoms with van der Waals surface area (Å²) in [6, 6.07) is 17.3. The van der Waals surface area contributed by atoms with Crippen LogP contribution >= 0.6 is 11.6 Å². The summed E-state index contributed by atoms with van der Waals surface area (Å²) >= 11 is 6.64. The maximum atomic E-state index is 13.0. The Bertz CT molecular complexity index is 2150. The van der Waals surface area contributed by atoms with E-state index >= 15 is 0 Å². The predicted octanol–water partition coefficient (Wildman–Crippen LogP) is 5.44. The molecule has 1 amide bonds. The highest BCUT2D eigenvalue weighted by atomic mass is 35.5. The van der Waals surface area contributed by atoms with Crippen molar-refractivity contribution in [3.63, 3.8) is 0 Å². The number of anilines is 4. The van der Waals surface area contributed by atoms with Gasteiger partial charge < -0.3 is 30.1 Å². The summed E-state index contributed by atoms with van der Waals surface area (Å²) in [5, 5.41) is 15.5. The molecule has 2 aromatic carbocycles. The Morgan fingerprint density at radius 2 is 1.78 bits per heavy atom. The molecular formula is C35H36ClN11O2. The van der Waals surface area contributed by atoms with Crippen LogP contribution in [0.1, 0.15) is 0 Å². The Morgan fingerprint density at radius 1 is 0.959 bits per heavy atom. The molecule has 0 unspecified atom stereocenters. The number of fused-ring (bicyclic) bond motifs is 2. The largest absolute Gasteiger partial charge is 0.456 e. The summed E-state index contributed by atoms with van der Waals surface area (Å²) in [4.78, 5) is 28.3. The molecule has 49 heavy (non-hydrogen) atoms. The second kappa shape index (κ2) is 13.9. The number of likely N-dealkylation sites (N-methyl/N-ethyl adjacent to an activating group) is 2. The van der Waals surface area contributed by atoms with Gasteiger partial charge in [-0.3, -0.25) is 4.79 Å². The maximum absolute atomic E-state index is 13.0. The number of nitrogens with zero attached hydrogens (tertiary/aromatic N) is 9. The molecule has 5 heterocycles. The van der Waals surface area contributed by atoms with Gasteiger partial charge in [0.1, 0.15) is 29.7 Å². The predicted molar refractivity (Wildman–Crippen MR) is 192 cm³/mol. The molecule has 0 aliphatic carbocycles. The molecule has 0 radical (unpaired) electrons. The quantitative estimate of drug-likeness (QED) is 0.182. The van der Waals surface area contributed by atoms with Gasteiger partial charge >= 0.3 is 0 Å². The molecule has 14 heteroatoms. The number of amides is 1. The van der Waals surface area contributed by atoms with Gasteiger partial charge in [0.15, 0.2) is 11.5 Å². The van der Waals surface area contributed by atoms with Gasteiger partial charge in [0.25, 0.3) is 0 Å². The zero-order valence-corrected chi connectivity index (χ0v) is 28.2. The number of aromatic nitrogens is 6. The lowest BCUT2D eigenvalue weighted by atomic mass is 10.1. The summed E-state index contributed by atoms with van der Waals surface area (Å²) < 4.78 is 9.46. The average Bonchev–Trinajstić information content (AvgIpc) is 3.74. The number of pyridine rings is 1. The molecule has 2 N–H and O–H groups in total. The highest BCUT2D eigenvalue weighted by Crippen LogP contribution is 2.36. The van der Waals surface area contributed by atoms with Gasteiger partial charge in [-0.05, 0) is 69.2 Å². The van der Waals surface area contributed by atoms with Gasteiger partial charge in [-0.1, -0.05) is 23.7 Å². The van der Waals surface area contributed by atoms with E-state index in [1.807, 2.05) is 49.5 Å². The van der Waals surface area contributed by atoms with E-state index in [0.717, 1.165) is 59.9 Å². The Balaban J connectivity index is 1.13. The van der Waals surface area contributed by atoms with E-state index in [1.165, 1.54) is 12.7 Å². The SMILES string of the molecule is CN(C)C/C=C/C(=O)Nc1cc(-c2cc3c(Nc4ccc(Oc5ccn6ncnc6c5)c(Cl)c4)ncnn3c2)ccc1N1CCN(C)CC1. The van der Waals surface area contributed by atoms with Crippen molar-refractivity contribution in [1.82, 2.24) is 39.0 Å². The molecule has 0 saturated carbocycles. The molecule has 7 rings (SSSR count). The summed E-state index contributed by atoms with van der Waals surface area (Å²) in [6.07, 6.45) is 10.2. The van der Waals surface area contributed by atoms with Crippen molar-refractivity contribution >= 4 is 51.6 Å². The second-order valence-corrected chi connectivity index (χ2v) is 12.5. The molecule has 0 bridgehead atoms. The van der Waals surface area contributed by atoms with Crippen LogP contribution < -0.4 is 20.3 Å². The summed E-state index contributed by atoms with van der Waals surface area (Å²) in [6.45, 7) is 4.35. The second-order valence-electron chi connectivity index (χ2n) is 12.1. The molecule has 4 aromatic heterocycles. The lowest BCUT2D eigenvalue weighted by Crippen LogP contribution is -2.44. The number of hydrogen-bond donors (Lipinski definition) is 2. The fraction of sp³-hybridized carbons (Fsp3) is 0.229. The highest BCUT2D eigenvalue weighted by Gasteiger charge is 2.19. The lowest BCUT2D eigenvalue weighted by Gasteiger charge is -2.35. The van der Waals surface area contributed by atoms with Crippen molar-refractivity contribution < 1.29 is 9.53 Å². The minimum atomic E-state index is -0.166. The zero-order valence-electron chi connectivity index (χ0n) is 27.4. The van der Waals surface area contributed by atoms with E-state index in [-0.39, 0.29) is 5.91 Å². The number of carbonyl (C=O) groups excluding carboxylic acids is 1. The monoisotopic (exact) mass is 677 g/mol. The van der Waals surface area contributed by atoms with Crippen molar-refractivity contribution in [3.05, 3.63) is 96.8 Å².